The molecule has 0 atom stereocenters. The Morgan fingerprint density at radius 3 is 1.57 bits per heavy atom. The molecule has 32 valence electrons. The van der Waals surface area contributed by atoms with Crippen LogP contribution in [0.2, 0.25) is 0 Å². The summed E-state index contributed by atoms with van der Waals surface area (Å²) in [5.41, 5.74) is 0. The molecule has 0 aliphatic heterocycles. The summed E-state index contributed by atoms with van der Waals surface area (Å²) in [5, 5.41) is 15.3. The van der Waals surface area contributed by atoms with Crippen molar-refractivity contribution in [3.8, 4) is 0 Å². The van der Waals surface area contributed by atoms with Crippen LogP contribution in [-0.4, -0.2) is 11.3 Å². The summed E-state index contributed by atoms with van der Waals surface area (Å²) in [6, 6.07) is 0. The van der Waals surface area contributed by atoms with Gasteiger partial charge in [0.15, 0.2) is 0 Å². The third kappa shape index (κ3) is 116. The molecule has 0 saturated heterocycles. The number of carboxylic acid groups (broad SMARTS) is 2. The predicted octanol–water partition coefficient (Wildman–Crippen LogP) is -10.1. The second-order valence-electron chi connectivity index (χ2n) is 0.266. The first-order valence-corrected chi connectivity index (χ1v) is 0.632. The van der Waals surface area contributed by atoms with Gasteiger partial charge in [-0.3, -0.25) is 0 Å². The Labute approximate surface area is 85.7 Å². The minimum atomic E-state index is -2.08. The van der Waals surface area contributed by atoms with Gasteiger partial charge in [-0.2, -0.15) is 0 Å². The normalized spacial score (nSPS) is 3.43. The van der Waals surface area contributed by atoms with Crippen molar-refractivity contribution >= 4 is 6.16 Å². The standard InChI is InChI=1S/CH2O3.BrH.Li.Na/c2-1(3)4;;;/h(H2,2,3,4);1H;;/q;;2*+1/p-2. The van der Waals surface area contributed by atoms with E-state index >= 15 is 0 Å². The van der Waals surface area contributed by atoms with Gasteiger partial charge >= 0.3 is 48.4 Å². The van der Waals surface area contributed by atoms with Crippen molar-refractivity contribution in [3.05, 3.63) is 0 Å². The molecule has 3 nitrogen and oxygen atoms in total. The summed E-state index contributed by atoms with van der Waals surface area (Å²) in [4.78, 5) is 8.44. The monoisotopic (exact) mass is 170 g/mol. The zero-order chi connectivity index (χ0) is 3.58. The zero-order valence-corrected chi connectivity index (χ0v) is 7.73. The SMILES string of the molecule is O=C([O-])O.[Br-].[Li+].[Na+]. The molecule has 0 fully saturated rings. The van der Waals surface area contributed by atoms with Crippen LogP contribution in [0.5, 0.6) is 0 Å². The second-order valence-corrected chi connectivity index (χ2v) is 0.266. The first kappa shape index (κ1) is 23.8. The Morgan fingerprint density at radius 2 is 1.57 bits per heavy atom. The van der Waals surface area contributed by atoms with E-state index in [0.29, 0.717) is 0 Å². The van der Waals surface area contributed by atoms with Gasteiger partial charge in [-0.05, 0) is 0 Å². The molecule has 0 rings (SSSR count). The van der Waals surface area contributed by atoms with Gasteiger partial charge in [0.2, 0.25) is 6.16 Å². The Kier molecular flexibility index (Phi) is 53.3. The van der Waals surface area contributed by atoms with E-state index in [1.54, 1.807) is 0 Å². The molecule has 0 radical (unpaired) electrons. The van der Waals surface area contributed by atoms with E-state index in [0.717, 1.165) is 0 Å². The van der Waals surface area contributed by atoms with E-state index in [1.165, 1.54) is 0 Å². The molecule has 0 aromatic heterocycles. The molecule has 1 N–H and O–H groups in total. The fourth-order valence-corrected chi connectivity index (χ4v) is 0. The van der Waals surface area contributed by atoms with Gasteiger partial charge < -0.3 is 32.0 Å². The molecule has 0 unspecified atom stereocenters. The third-order valence-electron chi connectivity index (χ3n) is 0. The van der Waals surface area contributed by atoms with Gasteiger partial charge in [0.1, 0.15) is 0 Å². The maximum atomic E-state index is 8.44. The fraction of sp³-hybridized carbons (Fsp3) is 0. The summed E-state index contributed by atoms with van der Waals surface area (Å²) >= 11 is 0. The number of hydrogen-bond acceptors (Lipinski definition) is 2. The van der Waals surface area contributed by atoms with Crippen molar-refractivity contribution in [2.24, 2.45) is 0 Å². The van der Waals surface area contributed by atoms with Gasteiger partial charge in [0.25, 0.3) is 0 Å². The van der Waals surface area contributed by atoms with E-state index in [9.17, 15) is 0 Å². The largest absolute Gasteiger partial charge is 1.00 e. The molecule has 0 heterocycles. The molecule has 6 heteroatoms. The van der Waals surface area contributed by atoms with Crippen molar-refractivity contribution in [2.45, 2.75) is 0 Å². The third-order valence-corrected chi connectivity index (χ3v) is 0. The van der Waals surface area contributed by atoms with Crippen LogP contribution in [0, 0.1) is 0 Å². The molecule has 0 saturated carbocycles. The van der Waals surface area contributed by atoms with Crippen LogP contribution in [0.15, 0.2) is 0 Å². The van der Waals surface area contributed by atoms with Crippen LogP contribution < -0.4 is 70.5 Å². The molecule has 0 aliphatic carbocycles. The average molecular weight is 171 g/mol. The minimum absolute atomic E-state index is 0. The number of hydrogen-bond donors (Lipinski definition) is 1. The van der Waals surface area contributed by atoms with Crippen LogP contribution >= 0.6 is 0 Å². The fourth-order valence-electron chi connectivity index (χ4n) is 0. The molecular formula is CHBrLiNaO3. The topological polar surface area (TPSA) is 60.4 Å². The van der Waals surface area contributed by atoms with Crippen molar-refractivity contribution in [1.82, 2.24) is 0 Å². The Bertz CT molecular complexity index is 37.9. The van der Waals surface area contributed by atoms with Gasteiger partial charge in [0, 0.05) is 0 Å². The first-order chi connectivity index (χ1) is 1.73. The molecule has 0 aliphatic rings. The Morgan fingerprint density at radius 1 is 1.57 bits per heavy atom. The van der Waals surface area contributed by atoms with Crippen molar-refractivity contribution in [3.63, 3.8) is 0 Å². The van der Waals surface area contributed by atoms with E-state index in [4.69, 9.17) is 15.0 Å². The summed E-state index contributed by atoms with van der Waals surface area (Å²) in [6.45, 7) is 0. The molecule has 0 aromatic carbocycles. The first-order valence-electron chi connectivity index (χ1n) is 0.632. The smallest absolute Gasteiger partial charge is 1.00 e. The van der Waals surface area contributed by atoms with Crippen LogP contribution in [0.4, 0.5) is 4.79 Å². The van der Waals surface area contributed by atoms with E-state index in [2.05, 4.69) is 0 Å². The van der Waals surface area contributed by atoms with Crippen molar-refractivity contribution < 1.29 is 80.4 Å². The molecule has 0 bridgehead atoms. The van der Waals surface area contributed by atoms with E-state index in [-0.39, 0.29) is 65.4 Å². The predicted molar refractivity (Wildman–Crippen MR) is 8.02 cm³/mol. The number of rotatable bonds is 0. The molecule has 0 spiro atoms. The van der Waals surface area contributed by atoms with Crippen LogP contribution in [0.3, 0.4) is 0 Å². The summed E-state index contributed by atoms with van der Waals surface area (Å²) in [7, 11) is 0. The Hall–Kier alpha value is 1.35. The van der Waals surface area contributed by atoms with Crippen LogP contribution in [0.25, 0.3) is 0 Å². The number of halogens is 1. The summed E-state index contributed by atoms with van der Waals surface area (Å²) < 4.78 is 0. The molecule has 7 heavy (non-hydrogen) atoms. The van der Waals surface area contributed by atoms with Crippen LogP contribution in [0.1, 0.15) is 0 Å². The molecule has 0 amide bonds. The van der Waals surface area contributed by atoms with E-state index in [1.807, 2.05) is 0 Å². The maximum absolute atomic E-state index is 8.44. The van der Waals surface area contributed by atoms with Gasteiger partial charge in [-0.25, -0.2) is 0 Å². The Balaban J connectivity index is -0.0000000150. The van der Waals surface area contributed by atoms with E-state index < -0.39 is 6.16 Å². The second kappa shape index (κ2) is 15.7. The average Bonchev–Trinajstić information content (AvgIpc) is 0.811. The van der Waals surface area contributed by atoms with Gasteiger partial charge in [-0.15, -0.1) is 0 Å². The quantitative estimate of drug-likeness (QED) is 0.368. The number of carbonyl (C=O) groups is 1. The summed E-state index contributed by atoms with van der Waals surface area (Å²) in [5.74, 6) is 0. The van der Waals surface area contributed by atoms with Crippen molar-refractivity contribution in [2.75, 3.05) is 0 Å². The van der Waals surface area contributed by atoms with Crippen molar-refractivity contribution in [1.29, 1.82) is 0 Å². The van der Waals surface area contributed by atoms with Crippen LogP contribution in [-0.2, 0) is 0 Å². The van der Waals surface area contributed by atoms with Gasteiger partial charge in [-0.1, -0.05) is 0 Å². The maximum Gasteiger partial charge on any atom is 1.00 e. The minimum Gasteiger partial charge on any atom is -1.00 e. The molecular weight excluding hydrogens is 170 g/mol. The van der Waals surface area contributed by atoms with Gasteiger partial charge in [0.05, 0.1) is 0 Å². The zero-order valence-electron chi connectivity index (χ0n) is 4.14. The summed E-state index contributed by atoms with van der Waals surface area (Å²) in [6.07, 6.45) is -2.08. The molecule has 0 aromatic rings.